The Balaban J connectivity index is 2.62. The summed E-state index contributed by atoms with van der Waals surface area (Å²) in [6, 6.07) is 4.26. The number of unbranched alkanes of at least 4 members (excludes halogenated alkanes) is 1. The monoisotopic (exact) mass is 202 g/mol. The fourth-order valence-electron chi connectivity index (χ4n) is 1.45. The van der Waals surface area contributed by atoms with Gasteiger partial charge in [-0.1, -0.05) is 6.07 Å². The minimum absolute atomic E-state index is 0.702. The second kappa shape index (κ2) is 5.46. The SMILES string of the molecule is C#CCCCOc1cc(C)c(C)cc1C. The van der Waals surface area contributed by atoms with Gasteiger partial charge in [0.25, 0.3) is 0 Å². The molecule has 0 N–H and O–H groups in total. The summed E-state index contributed by atoms with van der Waals surface area (Å²) in [5.74, 6) is 3.59. The molecule has 0 spiro atoms. The van der Waals surface area contributed by atoms with Gasteiger partial charge < -0.3 is 4.74 Å². The van der Waals surface area contributed by atoms with E-state index in [2.05, 4.69) is 38.8 Å². The van der Waals surface area contributed by atoms with Gasteiger partial charge in [-0.2, -0.15) is 0 Å². The molecule has 0 heterocycles. The summed E-state index contributed by atoms with van der Waals surface area (Å²) < 4.78 is 5.68. The molecule has 0 aliphatic heterocycles. The second-order valence-corrected chi connectivity index (χ2v) is 3.86. The molecule has 0 saturated carbocycles. The molecule has 1 heteroatoms. The molecule has 1 aromatic carbocycles. The van der Waals surface area contributed by atoms with Gasteiger partial charge in [-0.3, -0.25) is 0 Å². The summed E-state index contributed by atoms with van der Waals surface area (Å²) in [6.45, 7) is 6.99. The highest BCUT2D eigenvalue weighted by molar-refractivity contribution is 5.40. The molecule has 0 saturated heterocycles. The first-order valence-corrected chi connectivity index (χ1v) is 5.29. The van der Waals surface area contributed by atoms with Crippen molar-refractivity contribution >= 4 is 0 Å². The molecule has 0 fully saturated rings. The zero-order chi connectivity index (χ0) is 11.3. The van der Waals surface area contributed by atoms with Gasteiger partial charge in [0.05, 0.1) is 6.61 Å². The zero-order valence-electron chi connectivity index (χ0n) is 9.76. The molecule has 1 aromatic rings. The Labute approximate surface area is 92.5 Å². The number of hydrogen-bond acceptors (Lipinski definition) is 1. The third-order valence-electron chi connectivity index (χ3n) is 2.51. The van der Waals surface area contributed by atoms with Crippen molar-refractivity contribution in [1.82, 2.24) is 0 Å². The number of rotatable bonds is 4. The average Bonchev–Trinajstić information content (AvgIpc) is 2.20. The maximum absolute atomic E-state index is 5.68. The van der Waals surface area contributed by atoms with Crippen LogP contribution in [0.3, 0.4) is 0 Å². The van der Waals surface area contributed by atoms with Crippen molar-refractivity contribution in [3.63, 3.8) is 0 Å². The van der Waals surface area contributed by atoms with Crippen LogP contribution in [0, 0.1) is 33.1 Å². The molecule has 1 nitrogen and oxygen atoms in total. The highest BCUT2D eigenvalue weighted by atomic mass is 16.5. The summed E-state index contributed by atoms with van der Waals surface area (Å²) in [5, 5.41) is 0. The second-order valence-electron chi connectivity index (χ2n) is 3.86. The molecule has 15 heavy (non-hydrogen) atoms. The number of ether oxygens (including phenoxy) is 1. The zero-order valence-corrected chi connectivity index (χ0v) is 9.76. The summed E-state index contributed by atoms with van der Waals surface area (Å²) in [4.78, 5) is 0. The fourth-order valence-corrected chi connectivity index (χ4v) is 1.45. The van der Waals surface area contributed by atoms with Crippen LogP contribution in [0.4, 0.5) is 0 Å². The Hall–Kier alpha value is -1.42. The molecule has 1 rings (SSSR count). The minimum atomic E-state index is 0.702. The topological polar surface area (TPSA) is 9.23 Å². The van der Waals surface area contributed by atoms with E-state index in [-0.39, 0.29) is 0 Å². The molecular weight excluding hydrogens is 184 g/mol. The fraction of sp³-hybridized carbons (Fsp3) is 0.429. The van der Waals surface area contributed by atoms with Gasteiger partial charge in [-0.15, -0.1) is 12.3 Å². The summed E-state index contributed by atoms with van der Waals surface area (Å²) in [7, 11) is 0. The minimum Gasteiger partial charge on any atom is -0.493 e. The van der Waals surface area contributed by atoms with Gasteiger partial charge in [0, 0.05) is 6.42 Å². The van der Waals surface area contributed by atoms with Crippen LogP contribution < -0.4 is 4.74 Å². The van der Waals surface area contributed by atoms with E-state index in [0.717, 1.165) is 18.6 Å². The molecule has 0 unspecified atom stereocenters. The van der Waals surface area contributed by atoms with Gasteiger partial charge in [0.2, 0.25) is 0 Å². The normalized spacial score (nSPS) is 9.73. The third-order valence-corrected chi connectivity index (χ3v) is 2.51. The van der Waals surface area contributed by atoms with E-state index in [9.17, 15) is 0 Å². The Kier molecular flexibility index (Phi) is 4.24. The van der Waals surface area contributed by atoms with E-state index in [4.69, 9.17) is 11.2 Å². The van der Waals surface area contributed by atoms with Crippen LogP contribution in [0.5, 0.6) is 5.75 Å². The number of terminal acetylenes is 1. The third kappa shape index (κ3) is 3.32. The van der Waals surface area contributed by atoms with Crippen molar-refractivity contribution in [2.45, 2.75) is 33.6 Å². The number of benzene rings is 1. The molecule has 0 aromatic heterocycles. The van der Waals surface area contributed by atoms with Crippen molar-refractivity contribution < 1.29 is 4.74 Å². The van der Waals surface area contributed by atoms with E-state index in [1.165, 1.54) is 16.7 Å². The maximum Gasteiger partial charge on any atom is 0.122 e. The molecule has 0 amide bonds. The van der Waals surface area contributed by atoms with Gasteiger partial charge in [-0.05, 0) is 49.9 Å². The molecule has 0 atom stereocenters. The summed E-state index contributed by atoms with van der Waals surface area (Å²) >= 11 is 0. The molecular formula is C14H18O. The molecule has 0 aliphatic rings. The quantitative estimate of drug-likeness (QED) is 0.537. The van der Waals surface area contributed by atoms with Crippen LogP contribution in [0.25, 0.3) is 0 Å². The highest BCUT2D eigenvalue weighted by Crippen LogP contribution is 2.22. The Morgan fingerprint density at radius 1 is 1.13 bits per heavy atom. The molecule has 0 bridgehead atoms. The summed E-state index contributed by atoms with van der Waals surface area (Å²) in [5.41, 5.74) is 3.77. The van der Waals surface area contributed by atoms with Crippen LogP contribution in [0.2, 0.25) is 0 Å². The average molecular weight is 202 g/mol. The lowest BCUT2D eigenvalue weighted by atomic mass is 10.1. The van der Waals surface area contributed by atoms with Crippen molar-refractivity contribution in [1.29, 1.82) is 0 Å². The van der Waals surface area contributed by atoms with Gasteiger partial charge >= 0.3 is 0 Å². The lowest BCUT2D eigenvalue weighted by molar-refractivity contribution is 0.310. The first kappa shape index (κ1) is 11.7. The standard InChI is InChI=1S/C14H18O/c1-5-6-7-8-15-14-10-12(3)11(2)9-13(14)4/h1,9-10H,6-8H2,2-4H3. The molecule has 0 aliphatic carbocycles. The predicted octanol–water partition coefficient (Wildman–Crippen LogP) is 3.40. The number of hydrogen-bond donors (Lipinski definition) is 0. The van der Waals surface area contributed by atoms with Crippen molar-refractivity contribution in [2.24, 2.45) is 0 Å². The van der Waals surface area contributed by atoms with Crippen LogP contribution in [0.1, 0.15) is 29.5 Å². The van der Waals surface area contributed by atoms with Crippen LogP contribution in [0.15, 0.2) is 12.1 Å². The maximum atomic E-state index is 5.68. The highest BCUT2D eigenvalue weighted by Gasteiger charge is 2.02. The van der Waals surface area contributed by atoms with Gasteiger partial charge in [-0.25, -0.2) is 0 Å². The van der Waals surface area contributed by atoms with Crippen LogP contribution in [-0.4, -0.2) is 6.61 Å². The van der Waals surface area contributed by atoms with Crippen molar-refractivity contribution in [3.05, 3.63) is 28.8 Å². The van der Waals surface area contributed by atoms with Gasteiger partial charge in [0.15, 0.2) is 0 Å². The first-order chi connectivity index (χ1) is 7.15. The predicted molar refractivity (Wildman–Crippen MR) is 64.2 cm³/mol. The van der Waals surface area contributed by atoms with E-state index < -0.39 is 0 Å². The first-order valence-electron chi connectivity index (χ1n) is 5.29. The van der Waals surface area contributed by atoms with Crippen LogP contribution in [-0.2, 0) is 0 Å². The smallest absolute Gasteiger partial charge is 0.122 e. The molecule has 80 valence electrons. The van der Waals surface area contributed by atoms with Gasteiger partial charge in [0.1, 0.15) is 5.75 Å². The largest absolute Gasteiger partial charge is 0.493 e. The Morgan fingerprint density at radius 3 is 2.47 bits per heavy atom. The Bertz CT molecular complexity index is 372. The van der Waals surface area contributed by atoms with E-state index >= 15 is 0 Å². The van der Waals surface area contributed by atoms with E-state index in [0.29, 0.717) is 6.61 Å². The van der Waals surface area contributed by atoms with Crippen LogP contribution >= 0.6 is 0 Å². The lowest BCUT2D eigenvalue weighted by Crippen LogP contribution is -1.99. The Morgan fingerprint density at radius 2 is 1.80 bits per heavy atom. The van der Waals surface area contributed by atoms with Crippen molar-refractivity contribution in [2.75, 3.05) is 6.61 Å². The van der Waals surface area contributed by atoms with E-state index in [1.807, 2.05) is 0 Å². The number of aryl methyl sites for hydroxylation is 3. The summed E-state index contributed by atoms with van der Waals surface area (Å²) in [6.07, 6.45) is 6.88. The van der Waals surface area contributed by atoms with E-state index in [1.54, 1.807) is 0 Å². The lowest BCUT2D eigenvalue weighted by Gasteiger charge is -2.11. The molecule has 0 radical (unpaired) electrons. The van der Waals surface area contributed by atoms with Crippen molar-refractivity contribution in [3.8, 4) is 18.1 Å².